The van der Waals surface area contributed by atoms with Crippen LogP contribution >= 0.6 is 11.6 Å². The number of hydrogen-bond acceptors (Lipinski definition) is 3. The first-order chi connectivity index (χ1) is 6.07. The minimum absolute atomic E-state index is 0.0668. The topological polar surface area (TPSA) is 55.1 Å². The maximum Gasteiger partial charge on any atom is 0.154 e. The number of carbonyl (C=O) groups is 1. The molecule has 0 radical (unpaired) electrons. The Bertz CT molecular complexity index is 309. The molecular formula is C8H11ClN2O2. The zero-order valence-electron chi connectivity index (χ0n) is 7.44. The third-order valence-electron chi connectivity index (χ3n) is 1.69. The van der Waals surface area contributed by atoms with Gasteiger partial charge in [0.25, 0.3) is 0 Å². The Morgan fingerprint density at radius 3 is 2.77 bits per heavy atom. The number of rotatable bonds is 3. The van der Waals surface area contributed by atoms with Crippen LogP contribution in [-0.2, 0) is 4.79 Å². The number of aliphatic hydroxyl groups is 1. The first kappa shape index (κ1) is 10.2. The fourth-order valence-electron chi connectivity index (χ4n) is 1.10. The number of aliphatic hydroxyl groups excluding tert-OH is 1. The van der Waals surface area contributed by atoms with E-state index in [-0.39, 0.29) is 6.04 Å². The molecule has 0 aliphatic heterocycles. The molecule has 13 heavy (non-hydrogen) atoms. The number of carbonyl (C=O) groups excluding carboxylic acids is 1. The van der Waals surface area contributed by atoms with Gasteiger partial charge in [-0.2, -0.15) is 5.10 Å². The van der Waals surface area contributed by atoms with Gasteiger partial charge in [0.15, 0.2) is 12.4 Å². The summed E-state index contributed by atoms with van der Waals surface area (Å²) in [6, 6.07) is 0.0668. The molecule has 0 aliphatic rings. The highest BCUT2D eigenvalue weighted by Gasteiger charge is 2.18. The normalized spacial score (nSPS) is 13.3. The lowest BCUT2D eigenvalue weighted by Gasteiger charge is -2.12. The molecule has 1 rings (SSSR count). The molecule has 72 valence electrons. The van der Waals surface area contributed by atoms with Gasteiger partial charge in [0.2, 0.25) is 0 Å². The van der Waals surface area contributed by atoms with E-state index in [1.165, 1.54) is 10.9 Å². The summed E-state index contributed by atoms with van der Waals surface area (Å²) in [5.74, 6) is 0. The minimum atomic E-state index is -1.20. The van der Waals surface area contributed by atoms with Crippen LogP contribution in [0.4, 0.5) is 0 Å². The molecule has 0 bridgehead atoms. The van der Waals surface area contributed by atoms with Crippen molar-refractivity contribution in [3.8, 4) is 0 Å². The van der Waals surface area contributed by atoms with Crippen molar-refractivity contribution in [2.45, 2.75) is 26.0 Å². The minimum Gasteiger partial charge on any atom is -0.379 e. The van der Waals surface area contributed by atoms with Crippen LogP contribution in [0.5, 0.6) is 0 Å². The second-order valence-corrected chi connectivity index (χ2v) is 3.40. The number of halogens is 1. The van der Waals surface area contributed by atoms with Crippen molar-refractivity contribution in [2.24, 2.45) is 0 Å². The molecule has 0 amide bonds. The molecule has 0 aliphatic carbocycles. The van der Waals surface area contributed by atoms with Gasteiger partial charge in [0.1, 0.15) is 0 Å². The van der Waals surface area contributed by atoms with Gasteiger partial charge < -0.3 is 9.90 Å². The number of nitrogens with zero attached hydrogens (tertiary/aromatic N) is 2. The predicted molar refractivity (Wildman–Crippen MR) is 48.6 cm³/mol. The molecule has 0 fully saturated rings. The predicted octanol–water partition coefficient (Wildman–Crippen LogP) is 1.35. The van der Waals surface area contributed by atoms with Crippen LogP contribution in [0.2, 0.25) is 5.02 Å². The van der Waals surface area contributed by atoms with Gasteiger partial charge in [-0.05, 0) is 13.8 Å². The van der Waals surface area contributed by atoms with Crippen molar-refractivity contribution in [1.29, 1.82) is 0 Å². The SMILES string of the molecule is CC(C)n1ncc(Cl)c1C(O)C=O. The van der Waals surface area contributed by atoms with Crippen molar-refractivity contribution < 1.29 is 9.90 Å². The van der Waals surface area contributed by atoms with Gasteiger partial charge in [0, 0.05) is 6.04 Å². The number of aromatic nitrogens is 2. The lowest BCUT2D eigenvalue weighted by molar-refractivity contribution is -0.115. The summed E-state index contributed by atoms with van der Waals surface area (Å²) in [5, 5.41) is 13.6. The van der Waals surface area contributed by atoms with Crippen LogP contribution in [0.15, 0.2) is 6.20 Å². The molecule has 1 atom stereocenters. The molecule has 4 nitrogen and oxygen atoms in total. The van der Waals surface area contributed by atoms with E-state index in [1.54, 1.807) is 0 Å². The van der Waals surface area contributed by atoms with E-state index in [1.807, 2.05) is 13.8 Å². The first-order valence-corrected chi connectivity index (χ1v) is 4.32. The summed E-state index contributed by atoms with van der Waals surface area (Å²) in [4.78, 5) is 10.4. The van der Waals surface area contributed by atoms with Gasteiger partial charge in [-0.15, -0.1) is 0 Å². The Hall–Kier alpha value is -0.870. The lowest BCUT2D eigenvalue weighted by Crippen LogP contribution is -2.12. The monoisotopic (exact) mass is 202 g/mol. The van der Waals surface area contributed by atoms with Gasteiger partial charge in [-0.25, -0.2) is 0 Å². The molecule has 1 unspecified atom stereocenters. The molecule has 0 aromatic carbocycles. The van der Waals surface area contributed by atoms with Crippen molar-refractivity contribution >= 4 is 17.9 Å². The average molecular weight is 203 g/mol. The summed E-state index contributed by atoms with van der Waals surface area (Å²) in [5.41, 5.74) is 0.353. The number of hydrogen-bond donors (Lipinski definition) is 1. The molecule has 1 N–H and O–H groups in total. The molecular weight excluding hydrogens is 192 g/mol. The van der Waals surface area contributed by atoms with Crippen molar-refractivity contribution in [2.75, 3.05) is 0 Å². The zero-order valence-corrected chi connectivity index (χ0v) is 8.19. The molecule has 5 heteroatoms. The highest BCUT2D eigenvalue weighted by atomic mass is 35.5. The Balaban J connectivity index is 3.15. The van der Waals surface area contributed by atoms with Crippen LogP contribution in [0.1, 0.15) is 31.7 Å². The van der Waals surface area contributed by atoms with Crippen molar-refractivity contribution in [3.63, 3.8) is 0 Å². The van der Waals surface area contributed by atoms with E-state index in [0.29, 0.717) is 17.0 Å². The van der Waals surface area contributed by atoms with Gasteiger partial charge in [-0.1, -0.05) is 11.6 Å². The quantitative estimate of drug-likeness (QED) is 0.753. The largest absolute Gasteiger partial charge is 0.379 e. The van der Waals surface area contributed by atoms with E-state index >= 15 is 0 Å². The Morgan fingerprint density at radius 1 is 1.69 bits per heavy atom. The highest BCUT2D eigenvalue weighted by molar-refractivity contribution is 6.31. The molecule has 0 spiro atoms. The van der Waals surface area contributed by atoms with Crippen molar-refractivity contribution in [1.82, 2.24) is 9.78 Å². The Labute approximate surface area is 81.1 Å². The van der Waals surface area contributed by atoms with Crippen LogP contribution in [0, 0.1) is 0 Å². The number of aldehydes is 1. The molecule has 1 heterocycles. The summed E-state index contributed by atoms with van der Waals surface area (Å²) in [6.07, 6.45) is 0.656. The zero-order chi connectivity index (χ0) is 10.0. The van der Waals surface area contributed by atoms with Crippen LogP contribution < -0.4 is 0 Å². The van der Waals surface area contributed by atoms with Crippen molar-refractivity contribution in [3.05, 3.63) is 16.9 Å². The Kier molecular flexibility index (Phi) is 3.06. The van der Waals surface area contributed by atoms with E-state index in [9.17, 15) is 9.90 Å². The van der Waals surface area contributed by atoms with Gasteiger partial charge in [-0.3, -0.25) is 4.68 Å². The standard InChI is InChI=1S/C8H11ClN2O2/c1-5(2)11-8(7(13)4-12)6(9)3-10-11/h3-5,7,13H,1-2H3. The first-order valence-electron chi connectivity index (χ1n) is 3.94. The lowest BCUT2D eigenvalue weighted by atomic mass is 10.2. The fraction of sp³-hybridized carbons (Fsp3) is 0.500. The van der Waals surface area contributed by atoms with Crippen LogP contribution in [0.3, 0.4) is 0 Å². The maximum atomic E-state index is 10.4. The van der Waals surface area contributed by atoms with Crippen LogP contribution in [0.25, 0.3) is 0 Å². The van der Waals surface area contributed by atoms with E-state index < -0.39 is 6.10 Å². The molecule has 0 saturated heterocycles. The van der Waals surface area contributed by atoms with E-state index in [2.05, 4.69) is 5.10 Å². The summed E-state index contributed by atoms with van der Waals surface area (Å²) >= 11 is 5.76. The summed E-state index contributed by atoms with van der Waals surface area (Å²) in [6.45, 7) is 3.79. The molecule has 1 aromatic rings. The van der Waals surface area contributed by atoms with Gasteiger partial charge >= 0.3 is 0 Å². The molecule has 0 saturated carbocycles. The second kappa shape index (κ2) is 3.89. The summed E-state index contributed by atoms with van der Waals surface area (Å²) in [7, 11) is 0. The smallest absolute Gasteiger partial charge is 0.154 e. The van der Waals surface area contributed by atoms with Gasteiger partial charge in [0.05, 0.1) is 16.9 Å². The van der Waals surface area contributed by atoms with E-state index in [0.717, 1.165) is 0 Å². The molecule has 1 aromatic heterocycles. The van der Waals surface area contributed by atoms with E-state index in [4.69, 9.17) is 11.6 Å². The summed E-state index contributed by atoms with van der Waals surface area (Å²) < 4.78 is 1.53. The van der Waals surface area contributed by atoms with Crippen LogP contribution in [-0.4, -0.2) is 21.2 Å². The second-order valence-electron chi connectivity index (χ2n) is 3.00. The third kappa shape index (κ3) is 1.89. The average Bonchev–Trinajstić information content (AvgIpc) is 2.46. The highest BCUT2D eigenvalue weighted by Crippen LogP contribution is 2.23. The maximum absolute atomic E-state index is 10.4. The third-order valence-corrected chi connectivity index (χ3v) is 1.98. The Morgan fingerprint density at radius 2 is 2.31 bits per heavy atom. The fourth-order valence-corrected chi connectivity index (χ4v) is 1.35.